The lowest BCUT2D eigenvalue weighted by atomic mass is 10.1. The highest BCUT2D eigenvalue weighted by Crippen LogP contribution is 2.39. The number of amides is 2. The van der Waals surface area contributed by atoms with E-state index >= 15 is 0 Å². The molecule has 0 aliphatic rings. The third-order valence-corrected chi connectivity index (χ3v) is 5.07. The van der Waals surface area contributed by atoms with Gasteiger partial charge in [0, 0.05) is 7.05 Å². The van der Waals surface area contributed by atoms with Crippen molar-refractivity contribution in [3.8, 4) is 5.75 Å². The van der Waals surface area contributed by atoms with Crippen molar-refractivity contribution >= 4 is 58.3 Å². The van der Waals surface area contributed by atoms with Crippen LogP contribution in [0.4, 0.5) is 24.8 Å². The van der Waals surface area contributed by atoms with Crippen LogP contribution in [0, 0.1) is 0 Å². The van der Waals surface area contributed by atoms with Crippen LogP contribution in [-0.4, -0.2) is 38.4 Å². The summed E-state index contributed by atoms with van der Waals surface area (Å²) in [4.78, 5) is 25.2. The standard InChI is InChI=1S/C17H10Cl3F3N6O3/c1-29-16(26-27-28-29)25-15(31)8-5-6-10(32-17(21,22)23)13(12(8)20)24-14(30)7-3-2-4-9(18)11(7)19/h2-6H,1H3,(H,24,30)(H,25,26,28,31). The van der Waals surface area contributed by atoms with E-state index in [1.54, 1.807) is 0 Å². The van der Waals surface area contributed by atoms with E-state index in [0.717, 1.165) is 16.8 Å². The van der Waals surface area contributed by atoms with Crippen LogP contribution in [0.15, 0.2) is 30.3 Å². The molecule has 2 N–H and O–H groups in total. The molecule has 32 heavy (non-hydrogen) atoms. The van der Waals surface area contributed by atoms with Gasteiger partial charge in [-0.25, -0.2) is 4.68 Å². The van der Waals surface area contributed by atoms with Gasteiger partial charge in [0.1, 0.15) is 5.69 Å². The molecule has 0 aliphatic heterocycles. The molecule has 0 bridgehead atoms. The van der Waals surface area contributed by atoms with Gasteiger partial charge in [-0.15, -0.1) is 13.2 Å². The monoisotopic (exact) mass is 508 g/mol. The first-order valence-corrected chi connectivity index (χ1v) is 9.48. The molecule has 9 nitrogen and oxygen atoms in total. The van der Waals surface area contributed by atoms with Crippen molar-refractivity contribution in [3.63, 3.8) is 0 Å². The smallest absolute Gasteiger partial charge is 0.404 e. The highest BCUT2D eigenvalue weighted by Gasteiger charge is 2.34. The molecule has 0 unspecified atom stereocenters. The van der Waals surface area contributed by atoms with Gasteiger partial charge in [-0.2, -0.15) is 0 Å². The van der Waals surface area contributed by atoms with Gasteiger partial charge in [-0.3, -0.25) is 14.9 Å². The summed E-state index contributed by atoms with van der Waals surface area (Å²) in [5.74, 6) is -2.71. The van der Waals surface area contributed by atoms with Crippen LogP contribution in [0.3, 0.4) is 0 Å². The number of aromatic nitrogens is 4. The number of halogens is 6. The number of rotatable bonds is 5. The average molecular weight is 510 g/mol. The normalized spacial score (nSPS) is 11.2. The number of ether oxygens (including phenoxy) is 1. The molecule has 1 aromatic heterocycles. The number of carbonyl (C=O) groups excluding carboxylic acids is 2. The molecule has 1 heterocycles. The minimum Gasteiger partial charge on any atom is -0.404 e. The van der Waals surface area contributed by atoms with Crippen LogP contribution < -0.4 is 15.4 Å². The second-order valence-electron chi connectivity index (χ2n) is 5.98. The fourth-order valence-electron chi connectivity index (χ4n) is 2.42. The number of nitrogens with one attached hydrogen (secondary N) is 2. The zero-order valence-corrected chi connectivity index (χ0v) is 17.9. The van der Waals surface area contributed by atoms with Crippen molar-refractivity contribution in [1.82, 2.24) is 20.2 Å². The Morgan fingerprint density at radius 3 is 2.28 bits per heavy atom. The van der Waals surface area contributed by atoms with Crippen molar-refractivity contribution < 1.29 is 27.5 Å². The summed E-state index contributed by atoms with van der Waals surface area (Å²) >= 11 is 18.0. The molecule has 168 valence electrons. The van der Waals surface area contributed by atoms with Gasteiger partial charge in [0.25, 0.3) is 11.8 Å². The van der Waals surface area contributed by atoms with Gasteiger partial charge in [0.2, 0.25) is 5.95 Å². The van der Waals surface area contributed by atoms with E-state index in [1.165, 1.54) is 25.2 Å². The van der Waals surface area contributed by atoms with E-state index in [-0.39, 0.29) is 27.1 Å². The molecular weight excluding hydrogens is 500 g/mol. The molecule has 15 heteroatoms. The minimum atomic E-state index is -5.11. The molecular formula is C17H10Cl3F3N6O3. The van der Waals surface area contributed by atoms with Crippen molar-refractivity contribution in [1.29, 1.82) is 0 Å². The summed E-state index contributed by atoms with van der Waals surface area (Å²) in [5.41, 5.74) is -1.06. The number of anilines is 2. The lowest BCUT2D eigenvalue weighted by Gasteiger charge is -2.17. The molecule has 0 spiro atoms. The van der Waals surface area contributed by atoms with Gasteiger partial charge in [-0.05, 0) is 34.7 Å². The fourth-order valence-corrected chi connectivity index (χ4v) is 3.10. The van der Waals surface area contributed by atoms with Gasteiger partial charge >= 0.3 is 6.36 Å². The second kappa shape index (κ2) is 9.18. The Morgan fingerprint density at radius 2 is 1.66 bits per heavy atom. The number of nitrogens with zero attached hydrogens (tertiary/aromatic N) is 4. The van der Waals surface area contributed by atoms with E-state index in [2.05, 4.69) is 30.9 Å². The number of tetrazole rings is 1. The number of hydrogen-bond acceptors (Lipinski definition) is 6. The van der Waals surface area contributed by atoms with Gasteiger partial charge in [0.15, 0.2) is 5.75 Å². The summed E-state index contributed by atoms with van der Waals surface area (Å²) < 4.78 is 43.7. The first kappa shape index (κ1) is 23.6. The highest BCUT2D eigenvalue weighted by molar-refractivity contribution is 6.44. The number of alkyl halides is 3. The average Bonchev–Trinajstić information content (AvgIpc) is 3.10. The number of benzene rings is 2. The Morgan fingerprint density at radius 1 is 1.00 bits per heavy atom. The zero-order valence-electron chi connectivity index (χ0n) is 15.7. The molecule has 2 amide bonds. The maximum Gasteiger partial charge on any atom is 0.573 e. The zero-order chi connectivity index (χ0) is 23.6. The van der Waals surface area contributed by atoms with E-state index in [0.29, 0.717) is 0 Å². The largest absolute Gasteiger partial charge is 0.573 e. The molecule has 3 rings (SSSR count). The number of carbonyl (C=O) groups is 2. The van der Waals surface area contributed by atoms with Crippen LogP contribution in [0.2, 0.25) is 15.1 Å². The first-order chi connectivity index (χ1) is 15.0. The molecule has 0 saturated carbocycles. The third-order valence-electron chi connectivity index (χ3n) is 3.85. The second-order valence-corrected chi connectivity index (χ2v) is 7.15. The Balaban J connectivity index is 2.01. The van der Waals surface area contributed by atoms with Crippen LogP contribution >= 0.6 is 34.8 Å². The van der Waals surface area contributed by atoms with E-state index in [1.807, 2.05) is 0 Å². The van der Waals surface area contributed by atoms with E-state index in [9.17, 15) is 22.8 Å². The Kier molecular flexibility index (Phi) is 6.77. The van der Waals surface area contributed by atoms with E-state index < -0.39 is 34.6 Å². The van der Waals surface area contributed by atoms with Gasteiger partial charge in [0.05, 0.1) is 26.2 Å². The lowest BCUT2D eigenvalue weighted by molar-refractivity contribution is -0.274. The topological polar surface area (TPSA) is 111 Å². The fraction of sp³-hybridized carbons (Fsp3) is 0.118. The minimum absolute atomic E-state index is 0.0441. The Labute approximate surface area is 192 Å². The summed E-state index contributed by atoms with van der Waals surface area (Å²) in [6.07, 6.45) is -5.11. The molecule has 0 fully saturated rings. The first-order valence-electron chi connectivity index (χ1n) is 8.35. The molecule has 0 atom stereocenters. The summed E-state index contributed by atoms with van der Waals surface area (Å²) in [6.45, 7) is 0. The summed E-state index contributed by atoms with van der Waals surface area (Å²) in [5, 5.41) is 14.3. The number of hydrogen-bond donors (Lipinski definition) is 2. The molecule has 3 aromatic rings. The van der Waals surface area contributed by atoms with Crippen molar-refractivity contribution in [2.75, 3.05) is 10.6 Å². The quantitative estimate of drug-likeness (QED) is 0.521. The van der Waals surface area contributed by atoms with Crippen molar-refractivity contribution in [3.05, 3.63) is 56.5 Å². The van der Waals surface area contributed by atoms with E-state index in [4.69, 9.17) is 34.8 Å². The predicted octanol–water partition coefficient (Wildman–Crippen LogP) is 4.57. The van der Waals surface area contributed by atoms with Crippen LogP contribution in [0.25, 0.3) is 0 Å². The van der Waals surface area contributed by atoms with Crippen molar-refractivity contribution in [2.45, 2.75) is 6.36 Å². The SMILES string of the molecule is Cn1nnnc1NC(=O)c1ccc(OC(F)(F)F)c(NC(=O)c2cccc(Cl)c2Cl)c1Cl. The van der Waals surface area contributed by atoms with Gasteiger partial charge in [-0.1, -0.05) is 46.0 Å². The molecule has 0 radical (unpaired) electrons. The molecule has 0 aliphatic carbocycles. The Bertz CT molecular complexity index is 1200. The Hall–Kier alpha value is -3.09. The van der Waals surface area contributed by atoms with Crippen LogP contribution in [0.1, 0.15) is 20.7 Å². The lowest BCUT2D eigenvalue weighted by Crippen LogP contribution is -2.21. The van der Waals surface area contributed by atoms with Crippen LogP contribution in [0.5, 0.6) is 5.75 Å². The summed E-state index contributed by atoms with van der Waals surface area (Å²) in [7, 11) is 1.44. The molecule has 2 aromatic carbocycles. The third kappa shape index (κ3) is 5.21. The predicted molar refractivity (Wildman–Crippen MR) is 109 cm³/mol. The molecule has 0 saturated heterocycles. The highest BCUT2D eigenvalue weighted by atomic mass is 35.5. The van der Waals surface area contributed by atoms with Crippen LogP contribution in [-0.2, 0) is 7.05 Å². The van der Waals surface area contributed by atoms with Crippen molar-refractivity contribution in [2.24, 2.45) is 7.05 Å². The number of aryl methyl sites for hydroxylation is 1. The van der Waals surface area contributed by atoms with Gasteiger partial charge < -0.3 is 10.1 Å². The maximum atomic E-state index is 12.9. The summed E-state index contributed by atoms with van der Waals surface area (Å²) in [6, 6.07) is 5.91. The maximum absolute atomic E-state index is 12.9.